The summed E-state index contributed by atoms with van der Waals surface area (Å²) in [6.45, 7) is 4.74. The lowest BCUT2D eigenvalue weighted by Crippen LogP contribution is -2.43. The maximum Gasteiger partial charge on any atom is 0.240 e. The number of nitrogens with one attached hydrogen (secondary N) is 1. The summed E-state index contributed by atoms with van der Waals surface area (Å²) in [6.07, 6.45) is 3.62. The van der Waals surface area contributed by atoms with Gasteiger partial charge in [-0.25, -0.2) is 0 Å². The smallest absolute Gasteiger partial charge is 0.240 e. The van der Waals surface area contributed by atoms with Gasteiger partial charge in [0.2, 0.25) is 5.91 Å². The number of hydrogen-bond donors (Lipinski definition) is 2. The summed E-state index contributed by atoms with van der Waals surface area (Å²) in [5.74, 6) is 1.33. The van der Waals surface area contributed by atoms with E-state index in [0.717, 1.165) is 37.0 Å². The van der Waals surface area contributed by atoms with Crippen LogP contribution in [0.3, 0.4) is 0 Å². The highest BCUT2D eigenvalue weighted by Gasteiger charge is 2.46. The van der Waals surface area contributed by atoms with Gasteiger partial charge < -0.3 is 20.5 Å². The molecule has 1 aromatic rings. The van der Waals surface area contributed by atoms with E-state index in [4.69, 9.17) is 15.2 Å². The van der Waals surface area contributed by atoms with E-state index in [0.29, 0.717) is 12.4 Å². The topological polar surface area (TPSA) is 73.6 Å². The van der Waals surface area contributed by atoms with Gasteiger partial charge in [0.05, 0.1) is 25.3 Å². The fourth-order valence-electron chi connectivity index (χ4n) is 2.18. The van der Waals surface area contributed by atoms with Gasteiger partial charge in [-0.3, -0.25) is 4.79 Å². The second-order valence-corrected chi connectivity index (χ2v) is 5.96. The first kappa shape index (κ1) is 19.6. The van der Waals surface area contributed by atoms with E-state index in [9.17, 15) is 4.79 Å². The number of rotatable bonds is 8. The molecule has 1 atom stereocenters. The van der Waals surface area contributed by atoms with Crippen LogP contribution in [0.5, 0.6) is 11.5 Å². The summed E-state index contributed by atoms with van der Waals surface area (Å²) < 4.78 is 11.1. The van der Waals surface area contributed by atoms with Crippen LogP contribution in [-0.4, -0.2) is 25.2 Å². The largest absolute Gasteiger partial charge is 0.493 e. The molecule has 130 valence electrons. The molecule has 1 saturated carbocycles. The van der Waals surface area contributed by atoms with Gasteiger partial charge in [-0.15, -0.1) is 12.4 Å². The van der Waals surface area contributed by atoms with Gasteiger partial charge in [-0.2, -0.15) is 0 Å². The molecule has 1 fully saturated rings. The Hall–Kier alpha value is -1.46. The van der Waals surface area contributed by atoms with Gasteiger partial charge in [0.1, 0.15) is 0 Å². The van der Waals surface area contributed by atoms with Crippen molar-refractivity contribution in [3.05, 3.63) is 23.8 Å². The summed E-state index contributed by atoms with van der Waals surface area (Å²) in [7, 11) is 1.62. The fraction of sp³-hybridized carbons (Fsp3) is 0.588. The van der Waals surface area contributed by atoms with Crippen LogP contribution in [-0.2, 0) is 4.79 Å². The summed E-state index contributed by atoms with van der Waals surface area (Å²) >= 11 is 0. The molecule has 1 aromatic carbocycles. The predicted molar refractivity (Wildman–Crippen MR) is 93.4 cm³/mol. The number of benzene rings is 1. The van der Waals surface area contributed by atoms with Gasteiger partial charge in [0, 0.05) is 0 Å². The first-order chi connectivity index (χ1) is 10.5. The number of amides is 1. The van der Waals surface area contributed by atoms with Crippen molar-refractivity contribution in [2.24, 2.45) is 5.73 Å². The number of halogens is 1. The average molecular weight is 343 g/mol. The minimum Gasteiger partial charge on any atom is -0.493 e. The molecule has 0 spiro atoms. The van der Waals surface area contributed by atoms with Crippen LogP contribution >= 0.6 is 12.4 Å². The van der Waals surface area contributed by atoms with Crippen LogP contribution in [0, 0.1) is 0 Å². The molecule has 1 aliphatic carbocycles. The highest BCUT2D eigenvalue weighted by Crippen LogP contribution is 2.34. The van der Waals surface area contributed by atoms with E-state index in [1.165, 1.54) is 0 Å². The second kappa shape index (κ2) is 8.41. The van der Waals surface area contributed by atoms with E-state index in [-0.39, 0.29) is 24.4 Å². The Morgan fingerprint density at radius 2 is 2.09 bits per heavy atom. The van der Waals surface area contributed by atoms with Gasteiger partial charge in [-0.05, 0) is 43.9 Å². The Balaban J connectivity index is 0.00000264. The van der Waals surface area contributed by atoms with Crippen molar-refractivity contribution >= 4 is 18.3 Å². The Labute approximate surface area is 144 Å². The third-order valence-electron chi connectivity index (χ3n) is 4.03. The molecule has 0 bridgehead atoms. The zero-order chi connectivity index (χ0) is 16.2. The number of carbonyl (C=O) groups is 1. The van der Waals surface area contributed by atoms with Crippen molar-refractivity contribution in [3.63, 3.8) is 0 Å². The van der Waals surface area contributed by atoms with Crippen LogP contribution in [0.4, 0.5) is 0 Å². The van der Waals surface area contributed by atoms with Crippen molar-refractivity contribution in [2.75, 3.05) is 13.7 Å². The minimum absolute atomic E-state index is 0. The van der Waals surface area contributed by atoms with E-state index >= 15 is 0 Å². The van der Waals surface area contributed by atoms with Gasteiger partial charge in [0.15, 0.2) is 11.5 Å². The first-order valence-electron chi connectivity index (χ1n) is 7.90. The molecule has 1 amide bonds. The first-order valence-corrected chi connectivity index (χ1v) is 7.90. The summed E-state index contributed by atoms with van der Waals surface area (Å²) in [5, 5.41) is 2.96. The summed E-state index contributed by atoms with van der Waals surface area (Å²) in [4.78, 5) is 12.0. The zero-order valence-electron chi connectivity index (χ0n) is 14.1. The van der Waals surface area contributed by atoms with Crippen molar-refractivity contribution in [2.45, 2.75) is 51.1 Å². The van der Waals surface area contributed by atoms with E-state index in [1.54, 1.807) is 7.11 Å². The molecule has 2 rings (SSSR count). The van der Waals surface area contributed by atoms with Crippen LogP contribution < -0.4 is 20.5 Å². The van der Waals surface area contributed by atoms with Crippen LogP contribution in [0.2, 0.25) is 0 Å². The molecule has 23 heavy (non-hydrogen) atoms. The number of methoxy groups -OCH3 is 1. The van der Waals surface area contributed by atoms with Crippen LogP contribution in [0.25, 0.3) is 0 Å². The van der Waals surface area contributed by atoms with E-state index in [2.05, 4.69) is 12.2 Å². The number of hydrogen-bond acceptors (Lipinski definition) is 4. The molecule has 3 N–H and O–H groups in total. The number of carbonyl (C=O) groups excluding carboxylic acids is 1. The van der Waals surface area contributed by atoms with Gasteiger partial charge >= 0.3 is 0 Å². The Kier molecular flexibility index (Phi) is 7.16. The SMILES string of the molecule is CCCCOc1ccc(C(C)NC(=O)C2(N)CC2)cc1OC.Cl. The summed E-state index contributed by atoms with van der Waals surface area (Å²) in [6, 6.07) is 5.63. The third kappa shape index (κ3) is 5.01. The number of unbranched alkanes of at least 4 members (excludes halogenated alkanes) is 1. The molecule has 0 heterocycles. The molecule has 0 saturated heterocycles. The van der Waals surface area contributed by atoms with Crippen molar-refractivity contribution < 1.29 is 14.3 Å². The normalized spacial score (nSPS) is 16.0. The molecule has 0 radical (unpaired) electrons. The molecular formula is C17H27ClN2O3. The van der Waals surface area contributed by atoms with Gasteiger partial charge in [-0.1, -0.05) is 19.4 Å². The summed E-state index contributed by atoms with van der Waals surface area (Å²) in [5.41, 5.74) is 6.23. The molecule has 0 aliphatic heterocycles. The lowest BCUT2D eigenvalue weighted by Gasteiger charge is -2.19. The lowest BCUT2D eigenvalue weighted by molar-refractivity contribution is -0.123. The lowest BCUT2D eigenvalue weighted by atomic mass is 10.1. The zero-order valence-corrected chi connectivity index (χ0v) is 14.9. The van der Waals surface area contributed by atoms with E-state index in [1.807, 2.05) is 25.1 Å². The molecular weight excluding hydrogens is 316 g/mol. The maximum absolute atomic E-state index is 12.0. The molecule has 0 aromatic heterocycles. The van der Waals surface area contributed by atoms with Gasteiger partial charge in [0.25, 0.3) is 0 Å². The molecule has 6 heteroatoms. The van der Waals surface area contributed by atoms with Crippen LogP contribution in [0.15, 0.2) is 18.2 Å². The monoisotopic (exact) mass is 342 g/mol. The maximum atomic E-state index is 12.0. The van der Waals surface area contributed by atoms with Crippen molar-refractivity contribution in [1.29, 1.82) is 0 Å². The second-order valence-electron chi connectivity index (χ2n) is 5.96. The molecule has 5 nitrogen and oxygen atoms in total. The third-order valence-corrected chi connectivity index (χ3v) is 4.03. The highest BCUT2D eigenvalue weighted by molar-refractivity contribution is 5.89. The Bertz CT molecular complexity index is 533. The average Bonchev–Trinajstić information content (AvgIpc) is 3.26. The molecule has 1 unspecified atom stereocenters. The number of ether oxygens (including phenoxy) is 2. The number of nitrogens with two attached hydrogens (primary N) is 1. The Morgan fingerprint density at radius 1 is 1.39 bits per heavy atom. The van der Waals surface area contributed by atoms with Crippen molar-refractivity contribution in [3.8, 4) is 11.5 Å². The predicted octanol–water partition coefficient (Wildman–Crippen LogP) is 2.96. The fourth-order valence-corrected chi connectivity index (χ4v) is 2.18. The quantitative estimate of drug-likeness (QED) is 0.712. The van der Waals surface area contributed by atoms with Crippen molar-refractivity contribution in [1.82, 2.24) is 5.32 Å². The molecule has 1 aliphatic rings. The minimum atomic E-state index is -0.651. The standard InChI is InChI=1S/C17H26N2O3.ClH/c1-4-5-10-22-14-7-6-13(11-15(14)21-3)12(2)19-16(20)17(18)8-9-17;/h6-7,11-12H,4-5,8-10,18H2,1-3H3,(H,19,20);1H. The van der Waals surface area contributed by atoms with E-state index < -0.39 is 5.54 Å². The van der Waals surface area contributed by atoms with Crippen LogP contribution in [0.1, 0.15) is 51.1 Å². The Morgan fingerprint density at radius 3 is 2.65 bits per heavy atom. The highest BCUT2D eigenvalue weighted by atomic mass is 35.5.